The molecule has 2 aliphatic carbocycles. The number of hydrogen-bond acceptors (Lipinski definition) is 2. The van der Waals surface area contributed by atoms with Crippen molar-refractivity contribution < 1.29 is 24.1 Å². The molecular formula is C26H41ClN2OSiTi. The molecule has 0 aromatic carbocycles. The number of halogens is 1. The van der Waals surface area contributed by atoms with Gasteiger partial charge in [0.25, 0.3) is 0 Å². The summed E-state index contributed by atoms with van der Waals surface area (Å²) in [4.78, 5) is 8.10. The van der Waals surface area contributed by atoms with E-state index in [2.05, 4.69) is 78.1 Å². The first-order valence-corrected chi connectivity index (χ1v) is 16.2. The van der Waals surface area contributed by atoms with E-state index in [0.29, 0.717) is 17.9 Å². The van der Waals surface area contributed by atoms with Gasteiger partial charge in [-0.3, -0.25) is 16.7 Å². The summed E-state index contributed by atoms with van der Waals surface area (Å²) in [6.07, 6.45) is 17.3. The Morgan fingerprint density at radius 1 is 1.22 bits per heavy atom. The second-order valence-electron chi connectivity index (χ2n) is 9.88. The molecule has 1 saturated heterocycles. The molecule has 1 aliphatic heterocycles. The van der Waals surface area contributed by atoms with Crippen molar-refractivity contribution in [3.8, 4) is 17.8 Å². The average molecular weight is 509 g/mol. The van der Waals surface area contributed by atoms with E-state index in [9.17, 15) is 0 Å². The summed E-state index contributed by atoms with van der Waals surface area (Å²) in [5.41, 5.74) is 0.807. The molecule has 0 amide bonds. The third-order valence-electron chi connectivity index (χ3n) is 6.25. The molecule has 32 heavy (non-hydrogen) atoms. The average Bonchev–Trinajstić information content (AvgIpc) is 3.36. The minimum atomic E-state index is -1.66. The second kappa shape index (κ2) is 14.7. The first-order chi connectivity index (χ1) is 14.6. The van der Waals surface area contributed by atoms with E-state index >= 15 is 0 Å². The molecule has 0 radical (unpaired) electrons. The molecule has 1 saturated carbocycles. The van der Waals surface area contributed by atoms with Gasteiger partial charge in [0.15, 0.2) is 0 Å². The number of likely N-dealkylation sites (tertiary alicyclic amines) is 1. The molecule has 3 aliphatic rings. The van der Waals surface area contributed by atoms with Crippen LogP contribution in [0.3, 0.4) is 0 Å². The summed E-state index contributed by atoms with van der Waals surface area (Å²) < 4.78 is 5.56. The molecule has 4 atom stereocenters. The van der Waals surface area contributed by atoms with Gasteiger partial charge < -0.3 is 23.6 Å². The number of rotatable bonds is 4. The number of fused-ring (bicyclic) bond motifs is 1. The molecule has 0 aromatic heterocycles. The van der Waals surface area contributed by atoms with Crippen molar-refractivity contribution in [2.75, 3.05) is 20.2 Å². The molecule has 6 heteroatoms. The van der Waals surface area contributed by atoms with Gasteiger partial charge >= 0.3 is 28.7 Å². The molecule has 3 rings (SSSR count). The summed E-state index contributed by atoms with van der Waals surface area (Å²) in [6, 6.07) is 0.680. The molecule has 0 N–H and O–H groups in total. The van der Waals surface area contributed by atoms with Crippen LogP contribution in [0.4, 0.5) is 0 Å². The van der Waals surface area contributed by atoms with E-state index in [1.54, 1.807) is 14.0 Å². The monoisotopic (exact) mass is 508 g/mol. The fourth-order valence-electron chi connectivity index (χ4n) is 5.41. The molecule has 0 spiro atoms. The Morgan fingerprint density at radius 3 is 2.25 bits per heavy atom. The molecule has 2 fully saturated rings. The summed E-state index contributed by atoms with van der Waals surface area (Å²) >= 11 is 1.47. The van der Waals surface area contributed by atoms with Crippen molar-refractivity contribution >= 4 is 17.5 Å². The molecular weight excluding hydrogens is 468 g/mol. The number of ether oxygens (including phenoxy) is 1. The molecule has 4 unspecified atom stereocenters. The SMILES string of the molecule is COC1=CC2C(C=C1)C([Si](C)(C)[N-]C(C)(C)C)CC2N1CCCC1.[C-]#CC#CC.[CH3-].[Cl][Ti+3]. The topological polar surface area (TPSA) is 26.6 Å². The van der Waals surface area contributed by atoms with Crippen molar-refractivity contribution in [1.82, 2.24) is 4.90 Å². The summed E-state index contributed by atoms with van der Waals surface area (Å²) in [6.45, 7) is 16.0. The fourth-order valence-corrected chi connectivity index (χ4v) is 9.39. The van der Waals surface area contributed by atoms with E-state index < -0.39 is 8.24 Å². The van der Waals surface area contributed by atoms with Crippen molar-refractivity contribution in [3.05, 3.63) is 42.8 Å². The van der Waals surface area contributed by atoms with Crippen LogP contribution in [0.2, 0.25) is 18.6 Å². The summed E-state index contributed by atoms with van der Waals surface area (Å²) in [5.74, 6) is 8.95. The first kappa shape index (κ1) is 31.5. The van der Waals surface area contributed by atoms with Crippen LogP contribution in [0.25, 0.3) is 4.98 Å². The third kappa shape index (κ3) is 9.06. The van der Waals surface area contributed by atoms with Crippen molar-refractivity contribution in [2.24, 2.45) is 11.8 Å². The normalized spacial score (nSPS) is 26.5. The Bertz CT molecular complexity index is 721. The van der Waals surface area contributed by atoms with E-state index in [4.69, 9.17) is 16.1 Å². The van der Waals surface area contributed by atoms with E-state index in [1.165, 1.54) is 51.7 Å². The second-order valence-corrected chi connectivity index (χ2v) is 14.1. The Hall–Kier alpha value is -0.459. The van der Waals surface area contributed by atoms with E-state index in [0.717, 1.165) is 11.3 Å². The summed E-state index contributed by atoms with van der Waals surface area (Å²) in [7, 11) is 4.77. The van der Waals surface area contributed by atoms with Crippen LogP contribution in [-0.4, -0.2) is 44.9 Å². The van der Waals surface area contributed by atoms with E-state index in [1.807, 2.05) is 5.92 Å². The van der Waals surface area contributed by atoms with Crippen LogP contribution in [0.5, 0.6) is 0 Å². The Morgan fingerprint density at radius 2 is 1.81 bits per heavy atom. The van der Waals surface area contributed by atoms with Crippen molar-refractivity contribution in [3.63, 3.8) is 0 Å². The quantitative estimate of drug-likeness (QED) is 0.241. The van der Waals surface area contributed by atoms with E-state index in [-0.39, 0.29) is 13.0 Å². The summed E-state index contributed by atoms with van der Waals surface area (Å²) in [5, 5.41) is 0. The van der Waals surface area contributed by atoms with Gasteiger partial charge in [0, 0.05) is 12.0 Å². The van der Waals surface area contributed by atoms with Gasteiger partial charge in [0.1, 0.15) is 5.76 Å². The zero-order valence-electron chi connectivity index (χ0n) is 21.3. The standard InChI is InChI=1S/C20H35N2OSi.C5H3.CH3.ClH.Ti/c1-20(2,3)21-24(5,6)19-14-18(22-11-7-8-12-22)17-13-15(23-4)9-10-16(17)19;1-3-5-4-2;;;/h9-10,13,16-19H,7-8,11-12,14H2,1-6H3;1H3;1H3;1H;/q3*-1;;+4/p-1. The number of nitrogens with zero attached hydrogens (tertiary/aromatic N) is 2. The van der Waals surface area contributed by atoms with Crippen LogP contribution in [0.15, 0.2) is 24.0 Å². The van der Waals surface area contributed by atoms with Gasteiger partial charge in [-0.2, -0.15) is 0 Å². The van der Waals surface area contributed by atoms with Crippen molar-refractivity contribution in [1.29, 1.82) is 0 Å². The Kier molecular flexibility index (Phi) is 14.5. The van der Waals surface area contributed by atoms with Crippen LogP contribution in [-0.2, 0) is 24.1 Å². The zero-order valence-corrected chi connectivity index (χ0v) is 24.6. The van der Waals surface area contributed by atoms with Crippen LogP contribution >= 0.6 is 9.30 Å². The van der Waals surface area contributed by atoms with Gasteiger partial charge in [-0.05, 0) is 57.3 Å². The van der Waals surface area contributed by atoms with Crippen LogP contribution in [0.1, 0.15) is 47.0 Å². The fraction of sp³-hybridized carbons (Fsp3) is 0.654. The zero-order chi connectivity index (χ0) is 23.7. The van der Waals surface area contributed by atoms with Crippen LogP contribution < -0.4 is 0 Å². The molecule has 176 valence electrons. The minimum absolute atomic E-state index is 0. The Labute approximate surface area is 215 Å². The first-order valence-electron chi connectivity index (χ1n) is 11.1. The van der Waals surface area contributed by atoms with Gasteiger partial charge in [0.05, 0.1) is 7.11 Å². The number of allylic oxidation sites excluding steroid dienone is 2. The predicted octanol–water partition coefficient (Wildman–Crippen LogP) is 6.67. The Balaban J connectivity index is 0.00000106. The molecule has 0 aromatic rings. The van der Waals surface area contributed by atoms with Crippen LogP contribution in [0, 0.1) is 43.4 Å². The maximum atomic E-state index is 6.18. The molecule has 1 heterocycles. The molecule has 3 nitrogen and oxygen atoms in total. The van der Waals surface area contributed by atoms with Gasteiger partial charge in [-0.15, -0.1) is 5.54 Å². The number of hydrogen-bond donors (Lipinski definition) is 0. The van der Waals surface area contributed by atoms with Gasteiger partial charge in [-0.1, -0.05) is 53.7 Å². The van der Waals surface area contributed by atoms with Gasteiger partial charge in [-0.25, -0.2) is 5.92 Å². The van der Waals surface area contributed by atoms with Gasteiger partial charge in [0.2, 0.25) is 0 Å². The van der Waals surface area contributed by atoms with Crippen molar-refractivity contribution in [2.45, 2.75) is 77.2 Å². The third-order valence-corrected chi connectivity index (χ3v) is 9.93. The molecule has 0 bridgehead atoms. The maximum absolute atomic E-state index is 6.18. The predicted molar refractivity (Wildman–Crippen MR) is 138 cm³/mol. The number of methoxy groups -OCH3 is 1.